The van der Waals surface area contributed by atoms with Crippen molar-refractivity contribution in [2.24, 2.45) is 0 Å². The van der Waals surface area contributed by atoms with Gasteiger partial charge in [-0.1, -0.05) is 29.8 Å². The Labute approximate surface area is 206 Å². The van der Waals surface area contributed by atoms with Crippen LogP contribution in [0.15, 0.2) is 77.7 Å². The number of benzene rings is 3. The molecule has 0 atom stereocenters. The largest absolute Gasteiger partial charge is 0.416 e. The summed E-state index contributed by atoms with van der Waals surface area (Å²) in [6.07, 6.45) is -4.70. The Kier molecular flexibility index (Phi) is 7.97. The molecule has 2 amide bonds. The monoisotopic (exact) mass is 526 g/mol. The molecule has 3 aromatic rings. The SMILES string of the molecule is CC(C)N(Cc1cccc(OS(=O)(=O)c2cccc(C(F)(F)F)c2)c1)C(=O)Nc1ccc(Cl)cc1. The molecule has 0 fully saturated rings. The molecule has 0 aliphatic heterocycles. The Morgan fingerprint density at radius 1 is 1.03 bits per heavy atom. The van der Waals surface area contributed by atoms with Crippen molar-refractivity contribution in [1.29, 1.82) is 0 Å². The first kappa shape index (κ1) is 26.4. The van der Waals surface area contributed by atoms with Crippen LogP contribution in [0.25, 0.3) is 0 Å². The molecule has 0 bridgehead atoms. The average molecular weight is 527 g/mol. The summed E-state index contributed by atoms with van der Waals surface area (Å²) in [5.41, 5.74) is 0.00575. The molecule has 186 valence electrons. The van der Waals surface area contributed by atoms with Crippen LogP contribution in [0.3, 0.4) is 0 Å². The van der Waals surface area contributed by atoms with Crippen LogP contribution in [-0.4, -0.2) is 25.4 Å². The fourth-order valence-corrected chi connectivity index (χ4v) is 4.21. The summed E-state index contributed by atoms with van der Waals surface area (Å²) in [6.45, 7) is 3.76. The first-order valence-corrected chi connectivity index (χ1v) is 12.2. The van der Waals surface area contributed by atoms with Gasteiger partial charge in [-0.3, -0.25) is 0 Å². The van der Waals surface area contributed by atoms with E-state index in [9.17, 15) is 26.4 Å². The van der Waals surface area contributed by atoms with E-state index in [-0.39, 0.29) is 24.4 Å². The van der Waals surface area contributed by atoms with Crippen LogP contribution in [0.2, 0.25) is 5.02 Å². The third-order valence-electron chi connectivity index (χ3n) is 4.89. The number of alkyl halides is 3. The van der Waals surface area contributed by atoms with Crippen LogP contribution in [-0.2, 0) is 22.8 Å². The topological polar surface area (TPSA) is 75.7 Å². The second-order valence-corrected chi connectivity index (χ2v) is 9.85. The molecule has 3 aromatic carbocycles. The van der Waals surface area contributed by atoms with Gasteiger partial charge in [-0.2, -0.15) is 21.6 Å². The number of amides is 2. The van der Waals surface area contributed by atoms with Gasteiger partial charge in [-0.05, 0) is 74.0 Å². The van der Waals surface area contributed by atoms with Crippen molar-refractivity contribution in [1.82, 2.24) is 4.90 Å². The normalized spacial score (nSPS) is 11.9. The molecule has 35 heavy (non-hydrogen) atoms. The van der Waals surface area contributed by atoms with Crippen molar-refractivity contribution < 1.29 is 30.6 Å². The molecule has 0 saturated carbocycles. The first-order valence-electron chi connectivity index (χ1n) is 10.4. The van der Waals surface area contributed by atoms with E-state index in [0.29, 0.717) is 22.3 Å². The molecule has 0 spiro atoms. The highest BCUT2D eigenvalue weighted by molar-refractivity contribution is 7.87. The van der Waals surface area contributed by atoms with Gasteiger partial charge in [-0.25, -0.2) is 4.79 Å². The zero-order chi connectivity index (χ0) is 25.8. The summed E-state index contributed by atoms with van der Waals surface area (Å²) in [6, 6.07) is 15.3. The summed E-state index contributed by atoms with van der Waals surface area (Å²) in [5.74, 6) is -0.0956. The molecule has 3 rings (SSSR count). The maximum Gasteiger partial charge on any atom is 0.416 e. The summed E-state index contributed by atoms with van der Waals surface area (Å²) in [7, 11) is -4.52. The number of hydrogen-bond donors (Lipinski definition) is 1. The number of nitrogens with one attached hydrogen (secondary N) is 1. The van der Waals surface area contributed by atoms with Crippen LogP contribution in [0, 0.1) is 0 Å². The molecule has 0 saturated heterocycles. The summed E-state index contributed by atoms with van der Waals surface area (Å²) < 4.78 is 69.1. The third-order valence-corrected chi connectivity index (χ3v) is 6.38. The molecule has 6 nitrogen and oxygen atoms in total. The predicted molar refractivity (Wildman–Crippen MR) is 127 cm³/mol. The predicted octanol–water partition coefficient (Wildman–Crippen LogP) is 6.57. The summed E-state index contributed by atoms with van der Waals surface area (Å²) in [4.78, 5) is 13.7. The maximum atomic E-state index is 13.0. The van der Waals surface area contributed by atoms with E-state index in [1.165, 1.54) is 23.1 Å². The standard InChI is InChI=1S/C24H22ClF3N2O4S/c1-16(2)30(23(31)29-20-11-9-19(25)10-12-20)15-17-5-3-7-21(13-17)34-35(32,33)22-8-4-6-18(14-22)24(26,27)28/h3-14,16H,15H2,1-2H3,(H,29,31). The van der Waals surface area contributed by atoms with E-state index in [1.807, 2.05) is 13.8 Å². The smallest absolute Gasteiger partial charge is 0.379 e. The lowest BCUT2D eigenvalue weighted by atomic mass is 10.2. The van der Waals surface area contributed by atoms with E-state index in [4.69, 9.17) is 15.8 Å². The minimum Gasteiger partial charge on any atom is -0.379 e. The third kappa shape index (κ3) is 7.12. The van der Waals surface area contributed by atoms with Gasteiger partial charge in [0.1, 0.15) is 10.6 Å². The number of anilines is 1. The van der Waals surface area contributed by atoms with E-state index in [0.717, 1.165) is 18.2 Å². The number of hydrogen-bond acceptors (Lipinski definition) is 4. The highest BCUT2D eigenvalue weighted by atomic mass is 35.5. The fraction of sp³-hybridized carbons (Fsp3) is 0.208. The second-order valence-electron chi connectivity index (χ2n) is 7.87. The number of carbonyl (C=O) groups is 1. The van der Waals surface area contributed by atoms with Gasteiger partial charge < -0.3 is 14.4 Å². The van der Waals surface area contributed by atoms with Crippen molar-refractivity contribution in [3.05, 3.63) is 88.9 Å². The Hall–Kier alpha value is -3.24. The lowest BCUT2D eigenvalue weighted by molar-refractivity contribution is -0.137. The van der Waals surface area contributed by atoms with Crippen LogP contribution in [0.4, 0.5) is 23.7 Å². The van der Waals surface area contributed by atoms with Gasteiger partial charge in [0.2, 0.25) is 0 Å². The molecular weight excluding hydrogens is 505 g/mol. The number of nitrogens with zero attached hydrogens (tertiary/aromatic N) is 1. The molecular formula is C24H22ClF3N2O4S. The fourth-order valence-electron chi connectivity index (χ4n) is 3.11. The van der Waals surface area contributed by atoms with Gasteiger partial charge in [0.25, 0.3) is 0 Å². The van der Waals surface area contributed by atoms with Crippen molar-refractivity contribution >= 4 is 33.4 Å². The highest BCUT2D eigenvalue weighted by Crippen LogP contribution is 2.31. The maximum absolute atomic E-state index is 13.0. The molecule has 0 aliphatic carbocycles. The van der Waals surface area contributed by atoms with Crippen molar-refractivity contribution in [2.45, 2.75) is 37.5 Å². The minimum absolute atomic E-state index is 0.0956. The van der Waals surface area contributed by atoms with Gasteiger partial charge in [0, 0.05) is 23.3 Å². The number of halogens is 4. The molecule has 0 radical (unpaired) electrons. The quantitative estimate of drug-likeness (QED) is 0.353. The minimum atomic E-state index is -4.70. The van der Waals surface area contributed by atoms with Crippen LogP contribution >= 0.6 is 11.6 Å². The molecule has 1 N–H and O–H groups in total. The van der Waals surface area contributed by atoms with Gasteiger partial charge in [-0.15, -0.1) is 0 Å². The molecule has 11 heteroatoms. The Morgan fingerprint density at radius 2 is 1.69 bits per heavy atom. The lowest BCUT2D eigenvalue weighted by Gasteiger charge is -2.27. The summed E-state index contributed by atoms with van der Waals surface area (Å²) in [5, 5.41) is 3.30. The zero-order valence-electron chi connectivity index (χ0n) is 18.7. The summed E-state index contributed by atoms with van der Waals surface area (Å²) >= 11 is 5.87. The Balaban J connectivity index is 1.77. The van der Waals surface area contributed by atoms with Crippen molar-refractivity contribution in [3.63, 3.8) is 0 Å². The number of carbonyl (C=O) groups excluding carboxylic acids is 1. The van der Waals surface area contributed by atoms with E-state index in [2.05, 4.69) is 5.32 Å². The first-order chi connectivity index (χ1) is 16.3. The highest BCUT2D eigenvalue weighted by Gasteiger charge is 2.32. The molecule has 0 aromatic heterocycles. The lowest BCUT2D eigenvalue weighted by Crippen LogP contribution is -2.39. The number of rotatable bonds is 7. The molecule has 0 unspecified atom stereocenters. The van der Waals surface area contributed by atoms with Crippen LogP contribution < -0.4 is 9.50 Å². The van der Waals surface area contributed by atoms with E-state index >= 15 is 0 Å². The van der Waals surface area contributed by atoms with Gasteiger partial charge in [0.05, 0.1) is 5.56 Å². The van der Waals surface area contributed by atoms with Gasteiger partial charge >= 0.3 is 22.3 Å². The Bertz CT molecular complexity index is 1300. The average Bonchev–Trinajstić information content (AvgIpc) is 2.78. The Morgan fingerprint density at radius 3 is 2.31 bits per heavy atom. The van der Waals surface area contributed by atoms with Crippen molar-refractivity contribution in [3.8, 4) is 5.75 Å². The van der Waals surface area contributed by atoms with E-state index in [1.54, 1.807) is 30.3 Å². The van der Waals surface area contributed by atoms with Gasteiger partial charge in [0.15, 0.2) is 0 Å². The van der Waals surface area contributed by atoms with E-state index < -0.39 is 26.8 Å². The number of urea groups is 1. The van der Waals surface area contributed by atoms with Crippen molar-refractivity contribution in [2.75, 3.05) is 5.32 Å². The van der Waals surface area contributed by atoms with Crippen LogP contribution in [0.5, 0.6) is 5.75 Å². The van der Waals surface area contributed by atoms with Crippen LogP contribution in [0.1, 0.15) is 25.0 Å². The molecule has 0 heterocycles. The zero-order valence-corrected chi connectivity index (χ0v) is 20.3. The second kappa shape index (κ2) is 10.6. The molecule has 0 aliphatic rings.